The van der Waals surface area contributed by atoms with Crippen LogP contribution in [0.5, 0.6) is 0 Å². The van der Waals surface area contributed by atoms with Gasteiger partial charge in [-0.3, -0.25) is 14.2 Å². The van der Waals surface area contributed by atoms with Crippen molar-refractivity contribution in [2.75, 3.05) is 0 Å². The van der Waals surface area contributed by atoms with Crippen LogP contribution in [0.15, 0.2) is 77.6 Å². The second-order valence-electron chi connectivity index (χ2n) is 8.47. The number of carbonyl (C=O) groups is 1. The summed E-state index contributed by atoms with van der Waals surface area (Å²) in [4.78, 5) is 27.1. The molecule has 4 aromatic rings. The van der Waals surface area contributed by atoms with Crippen molar-refractivity contribution in [3.63, 3.8) is 0 Å². The molecule has 33 heavy (non-hydrogen) atoms. The molecule has 1 atom stereocenters. The maximum atomic E-state index is 13.9. The molecular formula is C27H22ClFN2O2. The molecule has 4 nitrogen and oxygen atoms in total. The van der Waals surface area contributed by atoms with Crippen LogP contribution in [0.2, 0.25) is 5.02 Å². The summed E-state index contributed by atoms with van der Waals surface area (Å²) >= 11 is 6.04. The van der Waals surface area contributed by atoms with Gasteiger partial charge in [0.25, 0.3) is 11.5 Å². The van der Waals surface area contributed by atoms with Crippen LogP contribution in [0, 0.1) is 18.7 Å². The number of halogens is 2. The molecule has 0 unspecified atom stereocenters. The van der Waals surface area contributed by atoms with E-state index in [-0.39, 0.29) is 29.2 Å². The van der Waals surface area contributed by atoms with Gasteiger partial charge in [-0.15, -0.1) is 0 Å². The average molecular weight is 461 g/mol. The maximum absolute atomic E-state index is 13.9. The lowest BCUT2D eigenvalue weighted by atomic mass is 9.99. The quantitative estimate of drug-likeness (QED) is 0.398. The van der Waals surface area contributed by atoms with Crippen LogP contribution in [0.25, 0.3) is 16.5 Å². The van der Waals surface area contributed by atoms with Gasteiger partial charge in [-0.2, -0.15) is 0 Å². The minimum atomic E-state index is -0.328. The Bertz CT molecular complexity index is 1420. The van der Waals surface area contributed by atoms with Crippen LogP contribution in [0.3, 0.4) is 0 Å². The van der Waals surface area contributed by atoms with E-state index in [4.69, 9.17) is 11.6 Å². The van der Waals surface area contributed by atoms with Crippen LogP contribution in [0.4, 0.5) is 4.39 Å². The molecule has 6 heteroatoms. The van der Waals surface area contributed by atoms with Gasteiger partial charge in [0, 0.05) is 27.2 Å². The molecule has 1 heterocycles. The third-order valence-corrected chi connectivity index (χ3v) is 6.48. The molecule has 1 N–H and O–H groups in total. The van der Waals surface area contributed by atoms with Crippen molar-refractivity contribution >= 4 is 28.3 Å². The summed E-state index contributed by atoms with van der Waals surface area (Å²) in [6.45, 7) is 1.77. The maximum Gasteiger partial charge on any atom is 0.263 e. The van der Waals surface area contributed by atoms with Gasteiger partial charge in [-0.1, -0.05) is 41.9 Å². The first-order valence-corrected chi connectivity index (χ1v) is 11.3. The molecule has 1 amide bonds. The van der Waals surface area contributed by atoms with E-state index in [1.54, 1.807) is 60.0 Å². The molecule has 1 aromatic heterocycles. The van der Waals surface area contributed by atoms with Crippen LogP contribution < -0.4 is 10.9 Å². The molecule has 5 rings (SSSR count). The van der Waals surface area contributed by atoms with Crippen molar-refractivity contribution in [3.05, 3.63) is 111 Å². The zero-order valence-electron chi connectivity index (χ0n) is 18.0. The molecule has 0 saturated heterocycles. The fourth-order valence-electron chi connectivity index (χ4n) is 4.47. The minimum Gasteiger partial charge on any atom is -0.345 e. The first-order valence-electron chi connectivity index (χ1n) is 10.9. The zero-order valence-corrected chi connectivity index (χ0v) is 18.8. The van der Waals surface area contributed by atoms with Gasteiger partial charge in [-0.25, -0.2) is 4.39 Å². The number of nitrogens with zero attached hydrogens (tertiary/aromatic N) is 1. The lowest BCUT2D eigenvalue weighted by molar-refractivity contribution is 0.0932. The first kappa shape index (κ1) is 21.4. The number of amides is 1. The Hall–Kier alpha value is -3.44. The number of rotatable bonds is 5. The Labute approximate surface area is 195 Å². The highest BCUT2D eigenvalue weighted by atomic mass is 35.5. The lowest BCUT2D eigenvalue weighted by Gasteiger charge is -2.22. The van der Waals surface area contributed by atoms with Crippen LogP contribution in [-0.4, -0.2) is 10.5 Å². The number of carbonyl (C=O) groups excluding carboxylic acids is 1. The Balaban J connectivity index is 1.64. The smallest absolute Gasteiger partial charge is 0.263 e. The number of pyridine rings is 1. The normalized spacial score (nSPS) is 14.3. The zero-order chi connectivity index (χ0) is 23.1. The Morgan fingerprint density at radius 3 is 2.39 bits per heavy atom. The molecule has 1 saturated carbocycles. The molecule has 3 aromatic carbocycles. The van der Waals surface area contributed by atoms with Gasteiger partial charge in [0.15, 0.2) is 0 Å². The highest BCUT2D eigenvalue weighted by Crippen LogP contribution is 2.41. The van der Waals surface area contributed by atoms with Crippen molar-refractivity contribution < 1.29 is 9.18 Å². The van der Waals surface area contributed by atoms with Crippen LogP contribution in [0.1, 0.15) is 40.5 Å². The van der Waals surface area contributed by atoms with E-state index in [2.05, 4.69) is 5.32 Å². The first-order chi connectivity index (χ1) is 15.9. The number of hydrogen-bond acceptors (Lipinski definition) is 2. The monoisotopic (exact) mass is 460 g/mol. The summed E-state index contributed by atoms with van der Waals surface area (Å²) in [7, 11) is 0. The van der Waals surface area contributed by atoms with Gasteiger partial charge >= 0.3 is 0 Å². The molecule has 0 spiro atoms. The molecule has 1 aliphatic rings. The van der Waals surface area contributed by atoms with E-state index in [0.29, 0.717) is 32.7 Å². The van der Waals surface area contributed by atoms with Crippen molar-refractivity contribution in [2.45, 2.75) is 25.8 Å². The molecular weight excluding hydrogens is 439 g/mol. The summed E-state index contributed by atoms with van der Waals surface area (Å²) in [5, 5.41) is 4.75. The lowest BCUT2D eigenvalue weighted by Crippen LogP contribution is -2.33. The molecule has 0 aliphatic heterocycles. The van der Waals surface area contributed by atoms with Crippen molar-refractivity contribution in [1.82, 2.24) is 9.88 Å². The Morgan fingerprint density at radius 2 is 1.73 bits per heavy atom. The predicted molar refractivity (Wildman–Crippen MR) is 129 cm³/mol. The molecule has 1 aliphatic carbocycles. The van der Waals surface area contributed by atoms with E-state index >= 15 is 0 Å². The van der Waals surface area contributed by atoms with Crippen molar-refractivity contribution in [2.24, 2.45) is 5.92 Å². The summed E-state index contributed by atoms with van der Waals surface area (Å²) in [5.41, 5.74) is 2.14. The van der Waals surface area contributed by atoms with Crippen LogP contribution in [-0.2, 0) is 0 Å². The molecule has 166 valence electrons. The van der Waals surface area contributed by atoms with E-state index in [0.717, 1.165) is 18.4 Å². The SMILES string of the molecule is Cc1c(C(=O)N[C@H](c2cccc(F)c2)C2CC2)c2ccccc2c(=O)n1-c1ccc(Cl)cc1. The van der Waals surface area contributed by atoms with Gasteiger partial charge in [-0.05, 0) is 73.7 Å². The summed E-state index contributed by atoms with van der Waals surface area (Å²) in [6, 6.07) is 20.1. The number of fused-ring (bicyclic) bond motifs is 1. The van der Waals surface area contributed by atoms with Gasteiger partial charge < -0.3 is 5.32 Å². The fourth-order valence-corrected chi connectivity index (χ4v) is 4.60. The summed E-state index contributed by atoms with van der Waals surface area (Å²) in [6.07, 6.45) is 1.96. The van der Waals surface area contributed by atoms with Crippen LogP contribution >= 0.6 is 11.6 Å². The molecule has 0 bridgehead atoms. The average Bonchev–Trinajstić information content (AvgIpc) is 3.64. The third kappa shape index (κ3) is 4.05. The molecule has 0 radical (unpaired) electrons. The second-order valence-corrected chi connectivity index (χ2v) is 8.90. The number of nitrogens with one attached hydrogen (secondary N) is 1. The van der Waals surface area contributed by atoms with Gasteiger partial charge in [0.1, 0.15) is 5.82 Å². The van der Waals surface area contributed by atoms with Gasteiger partial charge in [0.2, 0.25) is 0 Å². The topological polar surface area (TPSA) is 51.1 Å². The van der Waals surface area contributed by atoms with E-state index in [9.17, 15) is 14.0 Å². The van der Waals surface area contributed by atoms with Crippen molar-refractivity contribution in [3.8, 4) is 5.69 Å². The summed E-state index contributed by atoms with van der Waals surface area (Å²) in [5.74, 6) is -0.345. The standard InChI is InChI=1S/C27H22ClFN2O2/c1-16-24(26(32)30-25(17-9-10-17)18-5-4-6-20(29)15-18)22-7-2-3-8-23(22)27(33)31(16)21-13-11-19(28)12-14-21/h2-8,11-15,17,25H,9-10H2,1H3,(H,30,32)/t25-/m0/s1. The van der Waals surface area contributed by atoms with E-state index in [1.165, 1.54) is 12.1 Å². The number of hydrogen-bond donors (Lipinski definition) is 1. The summed E-state index contributed by atoms with van der Waals surface area (Å²) < 4.78 is 15.4. The largest absolute Gasteiger partial charge is 0.345 e. The van der Waals surface area contributed by atoms with E-state index < -0.39 is 0 Å². The Kier molecular flexibility index (Phi) is 5.51. The third-order valence-electron chi connectivity index (χ3n) is 6.23. The Morgan fingerprint density at radius 1 is 1.03 bits per heavy atom. The van der Waals surface area contributed by atoms with E-state index in [1.807, 2.05) is 12.1 Å². The number of benzene rings is 3. The van der Waals surface area contributed by atoms with Gasteiger partial charge in [0.05, 0.1) is 11.6 Å². The molecule has 1 fully saturated rings. The fraction of sp³-hybridized carbons (Fsp3) is 0.185. The number of aromatic nitrogens is 1. The highest BCUT2D eigenvalue weighted by Gasteiger charge is 2.34. The highest BCUT2D eigenvalue weighted by molar-refractivity contribution is 6.30. The van der Waals surface area contributed by atoms with Crippen molar-refractivity contribution in [1.29, 1.82) is 0 Å². The predicted octanol–water partition coefficient (Wildman–Crippen LogP) is 5.97. The minimum absolute atomic E-state index is 0.203. The second kappa shape index (κ2) is 8.49.